The summed E-state index contributed by atoms with van der Waals surface area (Å²) >= 11 is 0. The van der Waals surface area contributed by atoms with E-state index in [0.29, 0.717) is 5.69 Å². The molecular weight excluding hydrogens is 200 g/mol. The Balaban J connectivity index is 2.14. The fourth-order valence-corrected chi connectivity index (χ4v) is 1.72. The number of hydrogen-bond acceptors (Lipinski definition) is 3. The lowest BCUT2D eigenvalue weighted by atomic mass is 10.2. The molecular formula is C12H16N4. The number of hydrogen-bond donors (Lipinski definition) is 1. The number of nitrogen functional groups attached to an aromatic ring is 1. The number of nitrogens with two attached hydrogens (primary N) is 1. The van der Waals surface area contributed by atoms with Gasteiger partial charge in [0.25, 0.3) is 0 Å². The van der Waals surface area contributed by atoms with Crippen LogP contribution >= 0.6 is 0 Å². The minimum absolute atomic E-state index is 0.709. The summed E-state index contributed by atoms with van der Waals surface area (Å²) < 4.78 is 1.73. The van der Waals surface area contributed by atoms with Crippen LogP contribution in [0.2, 0.25) is 0 Å². The Morgan fingerprint density at radius 3 is 2.56 bits per heavy atom. The van der Waals surface area contributed by atoms with Crippen LogP contribution in [0.4, 0.5) is 11.5 Å². The molecule has 0 amide bonds. The standard InChI is InChI=1S/C12H16N4/c1-15(8-10-6-4-3-5-7-10)12-11(13)9-16(2)14-12/h3-7,9H,8,13H2,1-2H3. The minimum atomic E-state index is 0.709. The van der Waals surface area contributed by atoms with Crippen molar-refractivity contribution in [2.75, 3.05) is 17.7 Å². The van der Waals surface area contributed by atoms with Crippen LogP contribution in [-0.4, -0.2) is 16.8 Å². The van der Waals surface area contributed by atoms with E-state index < -0.39 is 0 Å². The van der Waals surface area contributed by atoms with Gasteiger partial charge in [0.2, 0.25) is 0 Å². The van der Waals surface area contributed by atoms with Gasteiger partial charge in [-0.2, -0.15) is 5.10 Å². The van der Waals surface area contributed by atoms with Gasteiger partial charge in [-0.25, -0.2) is 0 Å². The number of nitrogens with zero attached hydrogens (tertiary/aromatic N) is 3. The Hall–Kier alpha value is -1.97. The smallest absolute Gasteiger partial charge is 0.173 e. The first-order valence-electron chi connectivity index (χ1n) is 5.21. The maximum atomic E-state index is 5.87. The van der Waals surface area contributed by atoms with Crippen molar-refractivity contribution in [2.24, 2.45) is 7.05 Å². The molecule has 0 saturated heterocycles. The van der Waals surface area contributed by atoms with Gasteiger partial charge in [0.1, 0.15) is 0 Å². The molecule has 4 nitrogen and oxygen atoms in total. The van der Waals surface area contributed by atoms with E-state index in [-0.39, 0.29) is 0 Å². The number of rotatable bonds is 3. The molecule has 0 fully saturated rings. The van der Waals surface area contributed by atoms with E-state index in [1.165, 1.54) is 5.56 Å². The molecule has 0 bridgehead atoms. The van der Waals surface area contributed by atoms with Crippen molar-refractivity contribution in [2.45, 2.75) is 6.54 Å². The zero-order valence-corrected chi connectivity index (χ0v) is 9.59. The lowest BCUT2D eigenvalue weighted by molar-refractivity contribution is 0.752. The fraction of sp³-hybridized carbons (Fsp3) is 0.250. The summed E-state index contributed by atoms with van der Waals surface area (Å²) in [6.45, 7) is 0.808. The third kappa shape index (κ3) is 2.16. The summed E-state index contributed by atoms with van der Waals surface area (Å²) in [6.07, 6.45) is 1.82. The van der Waals surface area contributed by atoms with Crippen molar-refractivity contribution in [3.05, 3.63) is 42.1 Å². The molecule has 0 unspecified atom stereocenters. The second-order valence-electron chi connectivity index (χ2n) is 3.92. The normalized spacial score (nSPS) is 10.4. The molecule has 1 aromatic heterocycles. The SMILES string of the molecule is CN(Cc1ccccc1)c1nn(C)cc1N. The van der Waals surface area contributed by atoms with Crippen LogP contribution in [0.15, 0.2) is 36.5 Å². The lowest BCUT2D eigenvalue weighted by Crippen LogP contribution is -2.18. The van der Waals surface area contributed by atoms with E-state index in [1.54, 1.807) is 4.68 Å². The topological polar surface area (TPSA) is 47.1 Å². The summed E-state index contributed by atoms with van der Waals surface area (Å²) in [5.41, 5.74) is 7.83. The Morgan fingerprint density at radius 1 is 1.31 bits per heavy atom. The van der Waals surface area contributed by atoms with Gasteiger partial charge in [-0.1, -0.05) is 30.3 Å². The van der Waals surface area contributed by atoms with Crippen LogP contribution in [0.3, 0.4) is 0 Å². The van der Waals surface area contributed by atoms with Gasteiger partial charge in [-0.05, 0) is 5.56 Å². The van der Waals surface area contributed by atoms with Gasteiger partial charge in [0, 0.05) is 26.8 Å². The molecule has 1 aromatic carbocycles. The van der Waals surface area contributed by atoms with Crippen molar-refractivity contribution in [3.63, 3.8) is 0 Å². The van der Waals surface area contributed by atoms with Crippen molar-refractivity contribution in [1.29, 1.82) is 0 Å². The summed E-state index contributed by atoms with van der Waals surface area (Å²) in [7, 11) is 3.86. The van der Waals surface area contributed by atoms with E-state index in [9.17, 15) is 0 Å². The third-order valence-electron chi connectivity index (χ3n) is 2.46. The molecule has 2 N–H and O–H groups in total. The molecule has 4 heteroatoms. The Morgan fingerprint density at radius 2 is 2.00 bits per heavy atom. The van der Waals surface area contributed by atoms with Crippen LogP contribution in [-0.2, 0) is 13.6 Å². The Labute approximate surface area is 95.3 Å². The number of benzene rings is 1. The van der Waals surface area contributed by atoms with Crippen LogP contribution < -0.4 is 10.6 Å². The monoisotopic (exact) mass is 216 g/mol. The highest BCUT2D eigenvalue weighted by atomic mass is 15.3. The molecule has 84 valence electrons. The molecule has 0 aliphatic carbocycles. The van der Waals surface area contributed by atoms with E-state index in [1.807, 2.05) is 43.4 Å². The Kier molecular flexibility index (Phi) is 2.81. The highest BCUT2D eigenvalue weighted by molar-refractivity contribution is 5.61. The van der Waals surface area contributed by atoms with Gasteiger partial charge in [-0.3, -0.25) is 4.68 Å². The van der Waals surface area contributed by atoms with Crippen molar-refractivity contribution in [3.8, 4) is 0 Å². The third-order valence-corrected chi connectivity index (χ3v) is 2.46. The predicted molar refractivity (Wildman–Crippen MR) is 66.2 cm³/mol. The molecule has 1 heterocycles. The molecule has 0 saturated carbocycles. The van der Waals surface area contributed by atoms with Gasteiger partial charge in [0.15, 0.2) is 5.82 Å². The van der Waals surface area contributed by atoms with Crippen LogP contribution in [0.1, 0.15) is 5.56 Å². The van der Waals surface area contributed by atoms with Crippen LogP contribution in [0.5, 0.6) is 0 Å². The molecule has 0 radical (unpaired) electrons. The van der Waals surface area contributed by atoms with E-state index in [4.69, 9.17) is 5.73 Å². The fourth-order valence-electron chi connectivity index (χ4n) is 1.72. The molecule has 16 heavy (non-hydrogen) atoms. The first kappa shape index (κ1) is 10.5. The lowest BCUT2D eigenvalue weighted by Gasteiger charge is -2.16. The molecule has 0 aliphatic heterocycles. The van der Waals surface area contributed by atoms with Crippen LogP contribution in [0.25, 0.3) is 0 Å². The van der Waals surface area contributed by atoms with E-state index in [2.05, 4.69) is 17.2 Å². The molecule has 0 aliphatic rings. The summed E-state index contributed by atoms with van der Waals surface area (Å²) in [5, 5.41) is 4.32. The van der Waals surface area contributed by atoms with Gasteiger partial charge < -0.3 is 10.6 Å². The Bertz CT molecular complexity index is 461. The first-order chi connectivity index (χ1) is 7.66. The molecule has 2 rings (SSSR count). The van der Waals surface area contributed by atoms with Crippen molar-refractivity contribution in [1.82, 2.24) is 9.78 Å². The highest BCUT2D eigenvalue weighted by Gasteiger charge is 2.09. The minimum Gasteiger partial charge on any atom is -0.394 e. The van der Waals surface area contributed by atoms with Gasteiger partial charge in [-0.15, -0.1) is 0 Å². The number of aryl methyl sites for hydroxylation is 1. The average molecular weight is 216 g/mol. The largest absolute Gasteiger partial charge is 0.394 e. The number of aromatic nitrogens is 2. The quantitative estimate of drug-likeness (QED) is 0.848. The summed E-state index contributed by atoms with van der Waals surface area (Å²) in [4.78, 5) is 2.05. The maximum Gasteiger partial charge on any atom is 0.173 e. The summed E-state index contributed by atoms with van der Waals surface area (Å²) in [5.74, 6) is 0.825. The van der Waals surface area contributed by atoms with E-state index in [0.717, 1.165) is 12.4 Å². The average Bonchev–Trinajstić information content (AvgIpc) is 2.59. The van der Waals surface area contributed by atoms with E-state index >= 15 is 0 Å². The molecule has 2 aromatic rings. The first-order valence-corrected chi connectivity index (χ1v) is 5.21. The summed E-state index contributed by atoms with van der Waals surface area (Å²) in [6, 6.07) is 10.3. The van der Waals surface area contributed by atoms with Gasteiger partial charge >= 0.3 is 0 Å². The predicted octanol–water partition coefficient (Wildman–Crippen LogP) is 1.64. The van der Waals surface area contributed by atoms with Gasteiger partial charge in [0.05, 0.1) is 5.69 Å². The zero-order valence-electron chi connectivity index (χ0n) is 9.59. The molecule has 0 atom stereocenters. The second kappa shape index (κ2) is 4.26. The molecule has 0 spiro atoms. The van der Waals surface area contributed by atoms with Crippen molar-refractivity contribution >= 4 is 11.5 Å². The highest BCUT2D eigenvalue weighted by Crippen LogP contribution is 2.20. The number of anilines is 2. The zero-order chi connectivity index (χ0) is 11.5. The maximum absolute atomic E-state index is 5.87. The van der Waals surface area contributed by atoms with Crippen molar-refractivity contribution < 1.29 is 0 Å². The van der Waals surface area contributed by atoms with Crippen LogP contribution in [0, 0.1) is 0 Å². The second-order valence-corrected chi connectivity index (χ2v) is 3.92.